The highest BCUT2D eigenvalue weighted by molar-refractivity contribution is 6.31. The van der Waals surface area contributed by atoms with Crippen LogP contribution in [0.2, 0.25) is 5.02 Å². The van der Waals surface area contributed by atoms with Gasteiger partial charge in [0.05, 0.1) is 11.5 Å². The van der Waals surface area contributed by atoms with Gasteiger partial charge in [0.15, 0.2) is 0 Å². The van der Waals surface area contributed by atoms with Crippen molar-refractivity contribution in [2.24, 2.45) is 0 Å². The van der Waals surface area contributed by atoms with Crippen molar-refractivity contribution in [3.8, 4) is 5.75 Å². The minimum Gasteiger partial charge on any atom is -0.494 e. The number of rotatable bonds is 6. The van der Waals surface area contributed by atoms with Gasteiger partial charge in [-0.3, -0.25) is 10.1 Å². The van der Waals surface area contributed by atoms with Gasteiger partial charge < -0.3 is 10.1 Å². The maximum Gasteiger partial charge on any atom is 0.292 e. The van der Waals surface area contributed by atoms with Crippen LogP contribution >= 0.6 is 11.6 Å². The van der Waals surface area contributed by atoms with Crippen LogP contribution in [0.1, 0.15) is 12.5 Å². The fraction of sp³-hybridized carbons (Fsp3) is 0.200. The first kappa shape index (κ1) is 15.1. The van der Waals surface area contributed by atoms with Crippen LogP contribution in [0.3, 0.4) is 0 Å². The van der Waals surface area contributed by atoms with E-state index in [-0.39, 0.29) is 5.69 Å². The lowest BCUT2D eigenvalue weighted by Gasteiger charge is -2.09. The molecule has 2 aromatic carbocycles. The maximum atomic E-state index is 11.0. The number of hydrogen-bond donors (Lipinski definition) is 1. The van der Waals surface area contributed by atoms with Crippen LogP contribution in [-0.4, -0.2) is 11.5 Å². The van der Waals surface area contributed by atoms with Gasteiger partial charge in [-0.25, -0.2) is 0 Å². The number of nitro benzene ring substituents is 1. The van der Waals surface area contributed by atoms with Crippen molar-refractivity contribution in [2.75, 3.05) is 11.9 Å². The highest BCUT2D eigenvalue weighted by Crippen LogP contribution is 2.28. The van der Waals surface area contributed by atoms with Gasteiger partial charge in [-0.1, -0.05) is 23.7 Å². The van der Waals surface area contributed by atoms with E-state index in [1.165, 1.54) is 12.1 Å². The Labute approximate surface area is 127 Å². The van der Waals surface area contributed by atoms with Crippen LogP contribution < -0.4 is 10.1 Å². The highest BCUT2D eigenvalue weighted by Gasteiger charge is 2.13. The van der Waals surface area contributed by atoms with Gasteiger partial charge in [0.2, 0.25) is 0 Å². The van der Waals surface area contributed by atoms with Gasteiger partial charge in [-0.15, -0.1) is 0 Å². The second kappa shape index (κ2) is 6.95. The third kappa shape index (κ3) is 4.10. The van der Waals surface area contributed by atoms with E-state index in [0.717, 1.165) is 11.3 Å². The molecule has 0 heterocycles. The van der Waals surface area contributed by atoms with E-state index < -0.39 is 4.92 Å². The smallest absolute Gasteiger partial charge is 0.292 e. The molecule has 0 atom stereocenters. The lowest BCUT2D eigenvalue weighted by Crippen LogP contribution is -2.03. The van der Waals surface area contributed by atoms with Gasteiger partial charge in [0, 0.05) is 17.6 Å². The summed E-state index contributed by atoms with van der Waals surface area (Å²) in [6.07, 6.45) is 0. The zero-order valence-corrected chi connectivity index (χ0v) is 12.3. The molecule has 0 saturated carbocycles. The molecule has 1 N–H and O–H groups in total. The third-order valence-corrected chi connectivity index (χ3v) is 3.08. The number of nitrogens with one attached hydrogen (secondary N) is 1. The predicted octanol–water partition coefficient (Wildman–Crippen LogP) is 4.26. The Morgan fingerprint density at radius 1 is 1.29 bits per heavy atom. The number of anilines is 1. The van der Waals surface area contributed by atoms with E-state index in [0.29, 0.717) is 23.9 Å². The molecule has 21 heavy (non-hydrogen) atoms. The molecule has 0 spiro atoms. The lowest BCUT2D eigenvalue weighted by atomic mass is 10.2. The molecular weight excluding hydrogens is 292 g/mol. The van der Waals surface area contributed by atoms with Crippen molar-refractivity contribution in [3.63, 3.8) is 0 Å². The first-order chi connectivity index (χ1) is 10.1. The Kier molecular flexibility index (Phi) is 5.00. The van der Waals surface area contributed by atoms with Gasteiger partial charge in [-0.2, -0.15) is 0 Å². The zero-order chi connectivity index (χ0) is 15.2. The molecule has 0 unspecified atom stereocenters. The number of hydrogen-bond acceptors (Lipinski definition) is 4. The van der Waals surface area contributed by atoms with Crippen molar-refractivity contribution in [3.05, 3.63) is 63.2 Å². The summed E-state index contributed by atoms with van der Waals surface area (Å²) < 4.78 is 5.42. The average molecular weight is 307 g/mol. The molecule has 2 aromatic rings. The molecule has 0 aliphatic heterocycles. The third-order valence-electron chi connectivity index (χ3n) is 2.85. The summed E-state index contributed by atoms with van der Waals surface area (Å²) in [5, 5.41) is 14.5. The van der Waals surface area contributed by atoms with Gasteiger partial charge in [0.1, 0.15) is 11.4 Å². The molecule has 0 bridgehead atoms. The van der Waals surface area contributed by atoms with Crippen molar-refractivity contribution in [2.45, 2.75) is 13.5 Å². The number of nitrogens with zero attached hydrogens (tertiary/aromatic N) is 1. The highest BCUT2D eigenvalue weighted by atomic mass is 35.5. The van der Waals surface area contributed by atoms with E-state index in [2.05, 4.69) is 5.32 Å². The summed E-state index contributed by atoms with van der Waals surface area (Å²) >= 11 is 5.89. The van der Waals surface area contributed by atoms with E-state index in [4.69, 9.17) is 16.3 Å². The molecule has 6 heteroatoms. The van der Waals surface area contributed by atoms with Crippen LogP contribution in [-0.2, 0) is 6.54 Å². The molecule has 0 radical (unpaired) electrons. The predicted molar refractivity (Wildman–Crippen MR) is 83.0 cm³/mol. The SMILES string of the molecule is CCOc1cccc(CNc2cc(Cl)ccc2[N+](=O)[O-])c1. The lowest BCUT2D eigenvalue weighted by molar-refractivity contribution is -0.384. The molecule has 0 aliphatic rings. The average Bonchev–Trinajstić information content (AvgIpc) is 2.45. The summed E-state index contributed by atoms with van der Waals surface area (Å²) in [5.74, 6) is 0.775. The maximum absolute atomic E-state index is 11.0. The van der Waals surface area contributed by atoms with Crippen LogP contribution in [0.25, 0.3) is 0 Å². The van der Waals surface area contributed by atoms with Crippen LogP contribution in [0.5, 0.6) is 5.75 Å². The van der Waals surface area contributed by atoms with Gasteiger partial charge >= 0.3 is 0 Å². The molecule has 0 aromatic heterocycles. The second-order valence-electron chi connectivity index (χ2n) is 4.35. The molecule has 0 amide bonds. The van der Waals surface area contributed by atoms with Crippen molar-refractivity contribution in [1.29, 1.82) is 0 Å². The largest absolute Gasteiger partial charge is 0.494 e. The molecule has 0 saturated heterocycles. The number of benzene rings is 2. The van der Waals surface area contributed by atoms with E-state index >= 15 is 0 Å². The summed E-state index contributed by atoms with van der Waals surface area (Å²) in [6, 6.07) is 12.0. The first-order valence-electron chi connectivity index (χ1n) is 6.49. The van der Waals surface area contributed by atoms with E-state index in [1.54, 1.807) is 6.07 Å². The Bertz CT molecular complexity index is 647. The number of halogens is 1. The van der Waals surface area contributed by atoms with Crippen molar-refractivity contribution >= 4 is 23.0 Å². The van der Waals surface area contributed by atoms with E-state index in [9.17, 15) is 10.1 Å². The quantitative estimate of drug-likeness (QED) is 0.640. The van der Waals surface area contributed by atoms with Gasteiger partial charge in [-0.05, 0) is 36.8 Å². The molecule has 0 aliphatic carbocycles. The Hall–Kier alpha value is -2.27. The molecular formula is C15H15ClN2O3. The monoisotopic (exact) mass is 306 g/mol. The van der Waals surface area contributed by atoms with Crippen LogP contribution in [0.4, 0.5) is 11.4 Å². The fourth-order valence-corrected chi connectivity index (χ4v) is 2.09. The molecule has 0 fully saturated rings. The summed E-state index contributed by atoms with van der Waals surface area (Å²) in [7, 11) is 0. The Balaban J connectivity index is 2.14. The van der Waals surface area contributed by atoms with Crippen molar-refractivity contribution < 1.29 is 9.66 Å². The fourth-order valence-electron chi connectivity index (χ4n) is 1.92. The molecule has 2 rings (SSSR count). The van der Waals surface area contributed by atoms with E-state index in [1.807, 2.05) is 31.2 Å². The number of ether oxygens (including phenoxy) is 1. The Morgan fingerprint density at radius 2 is 2.10 bits per heavy atom. The van der Waals surface area contributed by atoms with Crippen molar-refractivity contribution in [1.82, 2.24) is 0 Å². The van der Waals surface area contributed by atoms with Gasteiger partial charge in [0.25, 0.3) is 5.69 Å². The van der Waals surface area contributed by atoms with Crippen LogP contribution in [0, 0.1) is 10.1 Å². The molecule has 110 valence electrons. The summed E-state index contributed by atoms with van der Waals surface area (Å²) in [4.78, 5) is 10.6. The summed E-state index contributed by atoms with van der Waals surface area (Å²) in [6.45, 7) is 2.96. The molecule has 5 nitrogen and oxygen atoms in total. The Morgan fingerprint density at radius 3 is 2.81 bits per heavy atom. The minimum atomic E-state index is -0.435. The second-order valence-corrected chi connectivity index (χ2v) is 4.79. The summed E-state index contributed by atoms with van der Waals surface area (Å²) in [5.41, 5.74) is 1.37. The topological polar surface area (TPSA) is 64.4 Å². The standard InChI is InChI=1S/C15H15ClN2O3/c1-2-21-13-5-3-4-11(8-13)10-17-14-9-12(16)6-7-15(14)18(19)20/h3-9,17H,2,10H2,1H3. The normalized spacial score (nSPS) is 10.2. The zero-order valence-electron chi connectivity index (χ0n) is 11.5. The minimum absolute atomic E-state index is 0.000336. The number of nitro groups is 1. The first-order valence-corrected chi connectivity index (χ1v) is 6.87. The van der Waals surface area contributed by atoms with Crippen LogP contribution in [0.15, 0.2) is 42.5 Å².